The topological polar surface area (TPSA) is 76.7 Å². The number of anilines is 2. The Kier molecular flexibility index (Phi) is 7.31. The number of rotatable bonds is 8. The van der Waals surface area contributed by atoms with Crippen LogP contribution in [0, 0.1) is 5.92 Å². The number of methoxy groups -OCH3 is 1. The third kappa shape index (κ3) is 5.94. The molecular formula is C20H22F2N2O4. The number of hydrogen-bond acceptors (Lipinski definition) is 4. The molecule has 28 heavy (non-hydrogen) atoms. The number of carbonyl (C=O) groups excluding carboxylic acids is 2. The summed E-state index contributed by atoms with van der Waals surface area (Å²) >= 11 is 0. The third-order valence-electron chi connectivity index (χ3n) is 3.67. The van der Waals surface area contributed by atoms with Crippen LogP contribution in [0.5, 0.6) is 11.5 Å². The Hall–Kier alpha value is -3.16. The molecule has 6 nitrogen and oxygen atoms in total. The molecule has 0 aliphatic heterocycles. The van der Waals surface area contributed by atoms with Gasteiger partial charge < -0.3 is 20.1 Å². The fourth-order valence-corrected chi connectivity index (χ4v) is 2.48. The summed E-state index contributed by atoms with van der Waals surface area (Å²) in [6, 6.07) is 10.7. The van der Waals surface area contributed by atoms with Crippen LogP contribution in [0.1, 0.15) is 30.6 Å². The average Bonchev–Trinajstić information content (AvgIpc) is 2.62. The van der Waals surface area contributed by atoms with Crippen LogP contribution in [-0.4, -0.2) is 25.5 Å². The summed E-state index contributed by atoms with van der Waals surface area (Å²) in [5.41, 5.74) is 0.929. The molecule has 2 N–H and O–H groups in total. The second kappa shape index (κ2) is 9.68. The van der Waals surface area contributed by atoms with E-state index in [2.05, 4.69) is 15.4 Å². The monoisotopic (exact) mass is 392 g/mol. The van der Waals surface area contributed by atoms with E-state index in [0.29, 0.717) is 17.8 Å². The zero-order valence-electron chi connectivity index (χ0n) is 15.8. The molecule has 0 atom stereocenters. The van der Waals surface area contributed by atoms with Crippen molar-refractivity contribution in [2.75, 3.05) is 17.7 Å². The fraction of sp³-hybridized carbons (Fsp3) is 0.300. The molecule has 2 aromatic rings. The Morgan fingerprint density at radius 2 is 1.61 bits per heavy atom. The third-order valence-corrected chi connectivity index (χ3v) is 3.67. The zero-order chi connectivity index (χ0) is 20.7. The number of carbonyl (C=O) groups is 2. The van der Waals surface area contributed by atoms with Gasteiger partial charge in [0.2, 0.25) is 5.91 Å². The minimum absolute atomic E-state index is 0.0242. The maximum Gasteiger partial charge on any atom is 0.387 e. The first-order valence-electron chi connectivity index (χ1n) is 8.63. The molecule has 0 fully saturated rings. The van der Waals surface area contributed by atoms with Crippen molar-refractivity contribution in [3.05, 3.63) is 48.0 Å². The first-order chi connectivity index (χ1) is 13.3. The van der Waals surface area contributed by atoms with Crippen molar-refractivity contribution in [3.8, 4) is 11.5 Å². The van der Waals surface area contributed by atoms with Gasteiger partial charge in [-0.05, 0) is 42.3 Å². The summed E-state index contributed by atoms with van der Waals surface area (Å²) in [7, 11) is 1.29. The number of alkyl halides is 2. The molecule has 0 aliphatic carbocycles. The van der Waals surface area contributed by atoms with Crippen molar-refractivity contribution in [2.24, 2.45) is 5.92 Å². The molecular weight excluding hydrogens is 370 g/mol. The summed E-state index contributed by atoms with van der Waals surface area (Å²) in [6.45, 7) is 0.794. The minimum Gasteiger partial charge on any atom is -0.493 e. The second-order valence-electron chi connectivity index (χ2n) is 6.39. The van der Waals surface area contributed by atoms with Crippen molar-refractivity contribution in [1.29, 1.82) is 0 Å². The van der Waals surface area contributed by atoms with E-state index in [1.807, 2.05) is 13.8 Å². The van der Waals surface area contributed by atoms with Gasteiger partial charge in [0.05, 0.1) is 12.7 Å². The number of ether oxygens (including phenoxy) is 2. The molecule has 8 heteroatoms. The molecule has 0 spiro atoms. The number of halogens is 2. The van der Waals surface area contributed by atoms with E-state index in [9.17, 15) is 18.4 Å². The largest absolute Gasteiger partial charge is 0.493 e. The molecule has 0 aromatic heterocycles. The van der Waals surface area contributed by atoms with Gasteiger partial charge in [-0.25, -0.2) is 0 Å². The predicted molar refractivity (Wildman–Crippen MR) is 102 cm³/mol. The van der Waals surface area contributed by atoms with Gasteiger partial charge in [-0.1, -0.05) is 19.9 Å². The number of para-hydroxylation sites is 1. The Morgan fingerprint density at radius 1 is 1.00 bits per heavy atom. The van der Waals surface area contributed by atoms with Crippen molar-refractivity contribution in [2.45, 2.75) is 26.9 Å². The van der Waals surface area contributed by atoms with Crippen molar-refractivity contribution >= 4 is 23.2 Å². The number of nitrogens with one attached hydrogen (secondary N) is 2. The molecule has 0 aliphatic rings. The summed E-state index contributed by atoms with van der Waals surface area (Å²) in [5.74, 6) is -0.805. The first kappa shape index (κ1) is 21.1. The lowest BCUT2D eigenvalue weighted by Gasteiger charge is -2.14. The number of benzene rings is 2. The van der Waals surface area contributed by atoms with Gasteiger partial charge in [0.25, 0.3) is 5.91 Å². The molecule has 0 bridgehead atoms. The highest BCUT2D eigenvalue weighted by molar-refractivity contribution is 6.06. The van der Waals surface area contributed by atoms with Crippen LogP contribution in [0.4, 0.5) is 20.2 Å². The Bertz CT molecular complexity index is 823. The van der Waals surface area contributed by atoms with Gasteiger partial charge in [-0.15, -0.1) is 0 Å². The van der Waals surface area contributed by atoms with Crippen molar-refractivity contribution < 1.29 is 27.8 Å². The molecule has 2 amide bonds. The van der Waals surface area contributed by atoms with E-state index < -0.39 is 12.5 Å². The molecule has 150 valence electrons. The molecule has 0 saturated carbocycles. The standard InChI is InChI=1S/C20H22F2N2O4/c1-12(2)11-17(25)23-13-7-9-14(10-8-13)24-19(26)15-5-4-6-16(27-3)18(15)28-20(21)22/h4-10,12,20H,11H2,1-3H3,(H,23,25)(H,24,26). The highest BCUT2D eigenvalue weighted by atomic mass is 19.3. The Balaban J connectivity index is 2.12. The van der Waals surface area contributed by atoms with Crippen LogP contribution in [0.25, 0.3) is 0 Å². The molecule has 0 radical (unpaired) electrons. The normalized spacial score (nSPS) is 10.7. The highest BCUT2D eigenvalue weighted by Gasteiger charge is 2.20. The van der Waals surface area contributed by atoms with E-state index >= 15 is 0 Å². The lowest BCUT2D eigenvalue weighted by molar-refractivity contribution is -0.116. The predicted octanol–water partition coefficient (Wildman–Crippen LogP) is 4.53. The van der Waals surface area contributed by atoms with Crippen LogP contribution in [0.3, 0.4) is 0 Å². The van der Waals surface area contributed by atoms with Gasteiger partial charge in [0.1, 0.15) is 0 Å². The quantitative estimate of drug-likeness (QED) is 0.692. The molecule has 0 unspecified atom stereocenters. The van der Waals surface area contributed by atoms with Crippen molar-refractivity contribution in [3.63, 3.8) is 0 Å². The van der Waals surface area contributed by atoms with E-state index in [0.717, 1.165) is 0 Å². The minimum atomic E-state index is -3.10. The number of amides is 2. The van der Waals surface area contributed by atoms with Crippen LogP contribution < -0.4 is 20.1 Å². The zero-order valence-corrected chi connectivity index (χ0v) is 15.8. The lowest BCUT2D eigenvalue weighted by Crippen LogP contribution is -2.16. The fourth-order valence-electron chi connectivity index (χ4n) is 2.48. The summed E-state index contributed by atoms with van der Waals surface area (Å²) in [5, 5.41) is 5.36. The maximum absolute atomic E-state index is 12.7. The van der Waals surface area contributed by atoms with Gasteiger partial charge in [-0.2, -0.15) is 8.78 Å². The highest BCUT2D eigenvalue weighted by Crippen LogP contribution is 2.33. The second-order valence-corrected chi connectivity index (χ2v) is 6.39. The van der Waals surface area contributed by atoms with Gasteiger partial charge in [0, 0.05) is 17.8 Å². The van der Waals surface area contributed by atoms with Crippen LogP contribution in [0.15, 0.2) is 42.5 Å². The Labute approximate surface area is 161 Å². The smallest absolute Gasteiger partial charge is 0.387 e. The van der Waals surface area contributed by atoms with E-state index in [1.165, 1.54) is 25.3 Å². The lowest BCUT2D eigenvalue weighted by atomic mass is 10.1. The van der Waals surface area contributed by atoms with Crippen molar-refractivity contribution in [1.82, 2.24) is 0 Å². The molecule has 0 heterocycles. The van der Waals surface area contributed by atoms with Crippen LogP contribution >= 0.6 is 0 Å². The van der Waals surface area contributed by atoms with E-state index in [4.69, 9.17) is 4.74 Å². The molecule has 2 aromatic carbocycles. The molecule has 0 saturated heterocycles. The van der Waals surface area contributed by atoms with Gasteiger partial charge in [0.15, 0.2) is 11.5 Å². The average molecular weight is 392 g/mol. The Morgan fingerprint density at radius 3 is 2.14 bits per heavy atom. The summed E-state index contributed by atoms with van der Waals surface area (Å²) < 4.78 is 34.8. The number of hydrogen-bond donors (Lipinski definition) is 2. The van der Waals surface area contributed by atoms with Crippen LogP contribution in [0.2, 0.25) is 0 Å². The van der Waals surface area contributed by atoms with Crippen LogP contribution in [-0.2, 0) is 4.79 Å². The van der Waals surface area contributed by atoms with E-state index in [1.54, 1.807) is 24.3 Å². The van der Waals surface area contributed by atoms with Gasteiger partial charge in [-0.3, -0.25) is 9.59 Å². The SMILES string of the molecule is COc1cccc(C(=O)Nc2ccc(NC(=O)CC(C)C)cc2)c1OC(F)F. The first-order valence-corrected chi connectivity index (χ1v) is 8.63. The molecule has 2 rings (SSSR count). The maximum atomic E-state index is 12.7. The van der Waals surface area contributed by atoms with E-state index in [-0.39, 0.29) is 28.9 Å². The summed E-state index contributed by atoms with van der Waals surface area (Å²) in [6.07, 6.45) is 0.404. The van der Waals surface area contributed by atoms with Gasteiger partial charge >= 0.3 is 6.61 Å². The summed E-state index contributed by atoms with van der Waals surface area (Å²) in [4.78, 5) is 24.3.